The quantitative estimate of drug-likeness (QED) is 0.775. The normalized spacial score (nSPS) is 10.8. The van der Waals surface area contributed by atoms with Crippen molar-refractivity contribution < 1.29 is 0 Å². The summed E-state index contributed by atoms with van der Waals surface area (Å²) in [4.78, 5) is 4.44. The number of para-hydroxylation sites is 1. The molecule has 0 aliphatic carbocycles. The zero-order valence-electron chi connectivity index (χ0n) is 8.83. The number of rotatable bonds is 3. The van der Waals surface area contributed by atoms with Crippen molar-refractivity contribution in [1.82, 2.24) is 4.98 Å². The topological polar surface area (TPSA) is 12.9 Å². The molecule has 0 radical (unpaired) electrons. The van der Waals surface area contributed by atoms with Crippen molar-refractivity contribution in [1.29, 1.82) is 0 Å². The van der Waals surface area contributed by atoms with Crippen LogP contribution in [-0.4, -0.2) is 4.98 Å². The highest BCUT2D eigenvalue weighted by atomic mass is 127. The molecule has 2 aromatic rings. The standard InChI is InChI=1S/C13H14IN/c1-2-3-6-10-11-7-4-5-8-13(11)15-9-12(10)14/h4-5,7-9H,2-3,6H2,1H3. The Morgan fingerprint density at radius 1 is 1.27 bits per heavy atom. The van der Waals surface area contributed by atoms with Crippen LogP contribution in [0.2, 0.25) is 0 Å². The van der Waals surface area contributed by atoms with Crippen molar-refractivity contribution in [2.24, 2.45) is 0 Å². The maximum atomic E-state index is 4.44. The fourth-order valence-electron chi connectivity index (χ4n) is 1.78. The molecule has 0 aliphatic rings. The van der Waals surface area contributed by atoms with E-state index in [9.17, 15) is 0 Å². The van der Waals surface area contributed by atoms with Gasteiger partial charge >= 0.3 is 0 Å². The molecule has 0 saturated carbocycles. The van der Waals surface area contributed by atoms with Gasteiger partial charge in [0.2, 0.25) is 0 Å². The number of fused-ring (bicyclic) bond motifs is 1. The molecular weight excluding hydrogens is 297 g/mol. The Hall–Kier alpha value is -0.640. The van der Waals surface area contributed by atoms with E-state index >= 15 is 0 Å². The van der Waals surface area contributed by atoms with E-state index in [1.807, 2.05) is 12.3 Å². The Morgan fingerprint density at radius 3 is 2.87 bits per heavy atom. The zero-order chi connectivity index (χ0) is 10.7. The third-order valence-electron chi connectivity index (χ3n) is 2.61. The van der Waals surface area contributed by atoms with E-state index in [0.29, 0.717) is 0 Å². The summed E-state index contributed by atoms with van der Waals surface area (Å²) in [7, 11) is 0. The van der Waals surface area contributed by atoms with Gasteiger partial charge in [0.25, 0.3) is 0 Å². The van der Waals surface area contributed by atoms with Gasteiger partial charge in [-0.05, 0) is 47.1 Å². The Morgan fingerprint density at radius 2 is 2.07 bits per heavy atom. The molecule has 2 heteroatoms. The van der Waals surface area contributed by atoms with Crippen LogP contribution in [0.3, 0.4) is 0 Å². The summed E-state index contributed by atoms with van der Waals surface area (Å²) < 4.78 is 1.29. The largest absolute Gasteiger partial charge is 0.255 e. The zero-order valence-corrected chi connectivity index (χ0v) is 11.0. The second kappa shape index (κ2) is 4.92. The van der Waals surface area contributed by atoms with Crippen LogP contribution in [0.15, 0.2) is 30.5 Å². The maximum Gasteiger partial charge on any atom is 0.0705 e. The van der Waals surface area contributed by atoms with Gasteiger partial charge in [-0.3, -0.25) is 4.98 Å². The van der Waals surface area contributed by atoms with Crippen molar-refractivity contribution in [3.05, 3.63) is 39.6 Å². The van der Waals surface area contributed by atoms with Crippen molar-refractivity contribution in [2.75, 3.05) is 0 Å². The third kappa shape index (κ3) is 2.30. The SMILES string of the molecule is CCCCc1c(I)cnc2ccccc12. The summed E-state index contributed by atoms with van der Waals surface area (Å²) in [6.07, 6.45) is 5.64. The molecule has 1 aromatic carbocycles. The lowest BCUT2D eigenvalue weighted by Crippen LogP contribution is -1.93. The van der Waals surface area contributed by atoms with Crippen LogP contribution >= 0.6 is 22.6 Å². The predicted octanol–water partition coefficient (Wildman–Crippen LogP) is 4.18. The summed E-state index contributed by atoms with van der Waals surface area (Å²) in [5.41, 5.74) is 2.58. The first-order chi connectivity index (χ1) is 7.33. The minimum Gasteiger partial charge on any atom is -0.255 e. The fourth-order valence-corrected chi connectivity index (χ4v) is 2.48. The number of aryl methyl sites for hydroxylation is 1. The molecule has 15 heavy (non-hydrogen) atoms. The fraction of sp³-hybridized carbons (Fsp3) is 0.308. The number of halogens is 1. The van der Waals surface area contributed by atoms with Crippen LogP contribution in [0.5, 0.6) is 0 Å². The first-order valence-electron chi connectivity index (χ1n) is 5.35. The van der Waals surface area contributed by atoms with E-state index in [-0.39, 0.29) is 0 Å². The Balaban J connectivity index is 2.53. The summed E-state index contributed by atoms with van der Waals surface area (Å²) in [6.45, 7) is 2.23. The summed E-state index contributed by atoms with van der Waals surface area (Å²) in [5, 5.41) is 1.32. The summed E-state index contributed by atoms with van der Waals surface area (Å²) in [5.74, 6) is 0. The van der Waals surface area contributed by atoms with Gasteiger partial charge in [-0.25, -0.2) is 0 Å². The molecule has 0 atom stereocenters. The van der Waals surface area contributed by atoms with E-state index in [2.05, 4.69) is 52.7 Å². The number of aromatic nitrogens is 1. The van der Waals surface area contributed by atoms with Gasteiger partial charge in [0.15, 0.2) is 0 Å². The van der Waals surface area contributed by atoms with E-state index in [0.717, 1.165) is 11.9 Å². The van der Waals surface area contributed by atoms with E-state index in [1.165, 1.54) is 27.4 Å². The number of nitrogens with zero attached hydrogens (tertiary/aromatic N) is 1. The lowest BCUT2D eigenvalue weighted by atomic mass is 10.0. The van der Waals surface area contributed by atoms with E-state index in [4.69, 9.17) is 0 Å². The number of unbranched alkanes of at least 4 members (excludes halogenated alkanes) is 1. The second-order valence-corrected chi connectivity index (χ2v) is 4.87. The highest BCUT2D eigenvalue weighted by molar-refractivity contribution is 14.1. The monoisotopic (exact) mass is 311 g/mol. The van der Waals surface area contributed by atoms with Crippen LogP contribution < -0.4 is 0 Å². The lowest BCUT2D eigenvalue weighted by molar-refractivity contribution is 0.796. The molecule has 1 aromatic heterocycles. The molecule has 0 N–H and O–H groups in total. The highest BCUT2D eigenvalue weighted by Crippen LogP contribution is 2.23. The van der Waals surface area contributed by atoms with Gasteiger partial charge in [0.05, 0.1) is 5.52 Å². The smallest absolute Gasteiger partial charge is 0.0705 e. The molecule has 0 spiro atoms. The van der Waals surface area contributed by atoms with E-state index in [1.54, 1.807) is 0 Å². The molecule has 0 fully saturated rings. The van der Waals surface area contributed by atoms with Gasteiger partial charge in [0.1, 0.15) is 0 Å². The molecule has 78 valence electrons. The van der Waals surface area contributed by atoms with Crippen LogP contribution in [0.25, 0.3) is 10.9 Å². The molecule has 0 unspecified atom stereocenters. The minimum atomic E-state index is 1.11. The first-order valence-corrected chi connectivity index (χ1v) is 6.43. The Kier molecular flexibility index (Phi) is 3.57. The van der Waals surface area contributed by atoms with Crippen molar-refractivity contribution in [3.8, 4) is 0 Å². The van der Waals surface area contributed by atoms with Gasteiger partial charge in [-0.1, -0.05) is 31.5 Å². The van der Waals surface area contributed by atoms with Gasteiger partial charge in [-0.15, -0.1) is 0 Å². The first kappa shape index (κ1) is 10.9. The van der Waals surface area contributed by atoms with Crippen LogP contribution in [0.1, 0.15) is 25.3 Å². The third-order valence-corrected chi connectivity index (χ3v) is 3.54. The van der Waals surface area contributed by atoms with Crippen LogP contribution in [0, 0.1) is 3.57 Å². The number of hydrogen-bond donors (Lipinski definition) is 0. The Labute approximate surface area is 104 Å². The molecule has 2 rings (SSSR count). The van der Waals surface area contributed by atoms with Gasteiger partial charge in [-0.2, -0.15) is 0 Å². The van der Waals surface area contributed by atoms with Crippen molar-refractivity contribution in [3.63, 3.8) is 0 Å². The van der Waals surface area contributed by atoms with Crippen LogP contribution in [0.4, 0.5) is 0 Å². The van der Waals surface area contributed by atoms with Crippen molar-refractivity contribution in [2.45, 2.75) is 26.2 Å². The maximum absolute atomic E-state index is 4.44. The molecule has 0 saturated heterocycles. The molecule has 0 bridgehead atoms. The average molecular weight is 311 g/mol. The molecule has 0 amide bonds. The van der Waals surface area contributed by atoms with Crippen LogP contribution in [-0.2, 0) is 6.42 Å². The predicted molar refractivity (Wildman–Crippen MR) is 73.1 cm³/mol. The summed E-state index contributed by atoms with van der Waals surface area (Å²) >= 11 is 2.39. The minimum absolute atomic E-state index is 1.11. The molecular formula is C13H14IN. The molecule has 1 nitrogen and oxygen atoms in total. The number of benzene rings is 1. The average Bonchev–Trinajstić information content (AvgIpc) is 2.28. The van der Waals surface area contributed by atoms with Crippen molar-refractivity contribution >= 4 is 33.5 Å². The number of hydrogen-bond acceptors (Lipinski definition) is 1. The number of pyridine rings is 1. The molecule has 1 heterocycles. The molecule has 0 aliphatic heterocycles. The van der Waals surface area contributed by atoms with Gasteiger partial charge < -0.3 is 0 Å². The lowest BCUT2D eigenvalue weighted by Gasteiger charge is -2.07. The second-order valence-electron chi connectivity index (χ2n) is 3.71. The summed E-state index contributed by atoms with van der Waals surface area (Å²) in [6, 6.07) is 8.40. The Bertz CT molecular complexity index is 465. The van der Waals surface area contributed by atoms with E-state index < -0.39 is 0 Å². The van der Waals surface area contributed by atoms with Gasteiger partial charge in [0, 0.05) is 15.2 Å². The highest BCUT2D eigenvalue weighted by Gasteiger charge is 2.05.